The molecule has 3 rings (SSSR count). The van der Waals surface area contributed by atoms with Crippen molar-refractivity contribution in [2.75, 3.05) is 0 Å². The molecule has 94 valence electrons. The van der Waals surface area contributed by atoms with Crippen molar-refractivity contribution in [3.8, 4) is 0 Å². The van der Waals surface area contributed by atoms with Gasteiger partial charge in [0.1, 0.15) is 0 Å². The minimum atomic E-state index is 1.11. The van der Waals surface area contributed by atoms with Crippen LogP contribution in [-0.4, -0.2) is 9.55 Å². The number of aromatic nitrogens is 2. The van der Waals surface area contributed by atoms with E-state index in [1.54, 1.807) is 0 Å². The molecular weight excluding hydrogens is 232 g/mol. The summed E-state index contributed by atoms with van der Waals surface area (Å²) < 4.78 is 2.25. The third kappa shape index (κ3) is 1.73. The van der Waals surface area contributed by atoms with Gasteiger partial charge in [0.25, 0.3) is 0 Å². The Balaban J connectivity index is 2.45. The fraction of sp³-hybridized carbons (Fsp3) is 0.0588. The number of rotatable bonds is 3. The number of nitrogens with zero attached hydrogens (tertiary/aromatic N) is 1. The molecule has 1 aromatic carbocycles. The number of allylic oxidation sites excluding steroid dienone is 5. The first-order chi connectivity index (χ1) is 9.36. The van der Waals surface area contributed by atoms with Gasteiger partial charge in [-0.3, -0.25) is 0 Å². The number of fused-ring (bicyclic) bond motifs is 3. The van der Waals surface area contributed by atoms with Crippen LogP contribution in [-0.2, 0) is 0 Å². The quantitative estimate of drug-likeness (QED) is 0.647. The molecule has 0 saturated heterocycles. The Labute approximate surface area is 112 Å². The zero-order valence-electron chi connectivity index (χ0n) is 10.9. The van der Waals surface area contributed by atoms with Crippen LogP contribution in [0.4, 0.5) is 0 Å². The number of para-hydroxylation sites is 1. The summed E-state index contributed by atoms with van der Waals surface area (Å²) in [5, 5.41) is 1.24. The lowest BCUT2D eigenvalue weighted by Crippen LogP contribution is -1.93. The van der Waals surface area contributed by atoms with Crippen LogP contribution in [0.3, 0.4) is 0 Å². The number of H-pyrrole nitrogens is 1. The third-order valence-corrected chi connectivity index (χ3v) is 3.26. The molecule has 0 spiro atoms. The van der Waals surface area contributed by atoms with Crippen LogP contribution in [0.2, 0.25) is 0 Å². The van der Waals surface area contributed by atoms with Crippen molar-refractivity contribution in [3.63, 3.8) is 0 Å². The van der Waals surface area contributed by atoms with Gasteiger partial charge in [-0.2, -0.15) is 0 Å². The zero-order valence-corrected chi connectivity index (χ0v) is 10.9. The molecule has 1 N–H and O–H groups in total. The lowest BCUT2D eigenvalue weighted by atomic mass is 10.2. The van der Waals surface area contributed by atoms with Crippen molar-refractivity contribution in [2.24, 2.45) is 0 Å². The summed E-state index contributed by atoms with van der Waals surface area (Å²) in [6, 6.07) is 10.5. The van der Waals surface area contributed by atoms with Crippen LogP contribution in [0.5, 0.6) is 0 Å². The highest BCUT2D eigenvalue weighted by molar-refractivity contribution is 6.08. The Morgan fingerprint density at radius 1 is 1.21 bits per heavy atom. The van der Waals surface area contributed by atoms with Crippen molar-refractivity contribution in [2.45, 2.75) is 6.92 Å². The van der Waals surface area contributed by atoms with E-state index in [-0.39, 0.29) is 0 Å². The van der Waals surface area contributed by atoms with Gasteiger partial charge in [-0.15, -0.1) is 0 Å². The minimum absolute atomic E-state index is 1.11. The zero-order chi connectivity index (χ0) is 13.2. The largest absolute Gasteiger partial charge is 0.359 e. The maximum absolute atomic E-state index is 3.81. The van der Waals surface area contributed by atoms with E-state index in [2.05, 4.69) is 52.5 Å². The van der Waals surface area contributed by atoms with E-state index in [0.29, 0.717) is 0 Å². The summed E-state index contributed by atoms with van der Waals surface area (Å²) in [5.41, 5.74) is 4.68. The minimum Gasteiger partial charge on any atom is -0.359 e. The topological polar surface area (TPSA) is 20.7 Å². The summed E-state index contributed by atoms with van der Waals surface area (Å²) >= 11 is 0. The molecule has 0 radical (unpaired) electrons. The summed E-state index contributed by atoms with van der Waals surface area (Å²) in [6.45, 7) is 5.83. The van der Waals surface area contributed by atoms with Crippen LogP contribution >= 0.6 is 0 Å². The number of hydrogen-bond donors (Lipinski definition) is 1. The Bertz CT molecular complexity index is 797. The molecule has 0 aliphatic heterocycles. The first-order valence-electron chi connectivity index (χ1n) is 6.39. The van der Waals surface area contributed by atoms with Crippen LogP contribution in [0.15, 0.2) is 67.4 Å². The molecule has 19 heavy (non-hydrogen) atoms. The lowest BCUT2D eigenvalue weighted by molar-refractivity contribution is 1.24. The molecule has 0 saturated carbocycles. The van der Waals surface area contributed by atoms with Gasteiger partial charge in [-0.25, -0.2) is 0 Å². The standard InChI is InChI=1S/C17H16N2/c1-3-7-13(8-4-2)19-15-10-6-5-9-14(15)17-16(19)11-12-18-17/h3-12,18H,1H2,2H3/b8-4-,13-7+. The number of benzene rings is 1. The maximum atomic E-state index is 3.81. The number of aromatic amines is 1. The molecule has 0 aliphatic carbocycles. The van der Waals surface area contributed by atoms with Crippen LogP contribution in [0.1, 0.15) is 6.92 Å². The van der Waals surface area contributed by atoms with Gasteiger partial charge in [-0.05, 0) is 31.2 Å². The average molecular weight is 248 g/mol. The summed E-state index contributed by atoms with van der Waals surface area (Å²) in [7, 11) is 0. The highest BCUT2D eigenvalue weighted by Crippen LogP contribution is 2.30. The molecule has 2 nitrogen and oxygen atoms in total. The molecule has 0 aliphatic rings. The Morgan fingerprint density at radius 2 is 2.05 bits per heavy atom. The van der Waals surface area contributed by atoms with Crippen LogP contribution in [0.25, 0.3) is 27.6 Å². The smallest absolute Gasteiger partial charge is 0.0720 e. The second kappa shape index (κ2) is 4.65. The Morgan fingerprint density at radius 3 is 2.84 bits per heavy atom. The van der Waals surface area contributed by atoms with E-state index in [0.717, 1.165) is 5.70 Å². The maximum Gasteiger partial charge on any atom is 0.0720 e. The SMILES string of the molecule is C=C/C=C(\C=C/C)n1c2ccccc2c2[nH]ccc21. The molecule has 0 unspecified atom stereocenters. The predicted octanol–water partition coefficient (Wildman–Crippen LogP) is 4.73. The van der Waals surface area contributed by atoms with E-state index < -0.39 is 0 Å². The van der Waals surface area contributed by atoms with Gasteiger partial charge in [-0.1, -0.05) is 36.9 Å². The van der Waals surface area contributed by atoms with E-state index in [1.165, 1.54) is 21.9 Å². The van der Waals surface area contributed by atoms with Crippen molar-refractivity contribution >= 4 is 27.6 Å². The molecule has 0 bridgehead atoms. The third-order valence-electron chi connectivity index (χ3n) is 3.26. The van der Waals surface area contributed by atoms with E-state index in [9.17, 15) is 0 Å². The highest BCUT2D eigenvalue weighted by atomic mass is 15.0. The summed E-state index contributed by atoms with van der Waals surface area (Å²) in [6.07, 6.45) is 9.97. The van der Waals surface area contributed by atoms with E-state index >= 15 is 0 Å². The fourth-order valence-electron chi connectivity index (χ4n) is 2.55. The molecule has 0 fully saturated rings. The summed E-state index contributed by atoms with van der Waals surface area (Å²) in [5.74, 6) is 0. The Hall–Kier alpha value is -2.48. The van der Waals surface area contributed by atoms with Crippen molar-refractivity contribution in [3.05, 3.63) is 67.4 Å². The van der Waals surface area contributed by atoms with Gasteiger partial charge in [0.05, 0.1) is 16.6 Å². The van der Waals surface area contributed by atoms with Gasteiger partial charge in [0.15, 0.2) is 0 Å². The summed E-state index contributed by atoms with van der Waals surface area (Å²) in [4.78, 5) is 3.32. The van der Waals surface area contributed by atoms with Crippen LogP contribution < -0.4 is 0 Å². The second-order valence-electron chi connectivity index (χ2n) is 4.42. The first kappa shape index (κ1) is 11.6. The molecule has 3 aromatic rings. The first-order valence-corrected chi connectivity index (χ1v) is 6.39. The van der Waals surface area contributed by atoms with Gasteiger partial charge in [0.2, 0.25) is 0 Å². The number of hydrogen-bond acceptors (Lipinski definition) is 0. The van der Waals surface area contributed by atoms with E-state index in [1.807, 2.05) is 31.3 Å². The van der Waals surface area contributed by atoms with Gasteiger partial charge >= 0.3 is 0 Å². The highest BCUT2D eigenvalue weighted by Gasteiger charge is 2.12. The predicted molar refractivity (Wildman–Crippen MR) is 83.1 cm³/mol. The number of nitrogens with one attached hydrogen (secondary N) is 1. The molecular formula is C17H16N2. The van der Waals surface area contributed by atoms with Crippen molar-refractivity contribution < 1.29 is 0 Å². The van der Waals surface area contributed by atoms with E-state index in [4.69, 9.17) is 0 Å². The molecule has 2 heterocycles. The fourth-order valence-corrected chi connectivity index (χ4v) is 2.55. The van der Waals surface area contributed by atoms with Crippen LogP contribution in [0, 0.1) is 0 Å². The van der Waals surface area contributed by atoms with Crippen molar-refractivity contribution in [1.82, 2.24) is 9.55 Å². The lowest BCUT2D eigenvalue weighted by Gasteiger charge is -2.07. The molecule has 2 heteroatoms. The molecule has 2 aromatic heterocycles. The second-order valence-corrected chi connectivity index (χ2v) is 4.42. The monoisotopic (exact) mass is 248 g/mol. The van der Waals surface area contributed by atoms with Crippen molar-refractivity contribution in [1.29, 1.82) is 0 Å². The van der Waals surface area contributed by atoms with Gasteiger partial charge in [0, 0.05) is 17.3 Å². The molecule has 0 amide bonds. The Kier molecular flexibility index (Phi) is 2.84. The average Bonchev–Trinajstić information content (AvgIpc) is 2.98. The van der Waals surface area contributed by atoms with Gasteiger partial charge < -0.3 is 9.55 Å². The normalized spacial score (nSPS) is 12.8. The molecule has 0 atom stereocenters.